The average molecular weight is 753 g/mol. The van der Waals surface area contributed by atoms with Crippen molar-refractivity contribution in [3.8, 4) is 0 Å². The van der Waals surface area contributed by atoms with E-state index in [1.807, 2.05) is 6.08 Å². The van der Waals surface area contributed by atoms with Crippen molar-refractivity contribution in [2.45, 2.75) is 197 Å². The normalized spacial score (nSPS) is 23.7. The van der Waals surface area contributed by atoms with Crippen LogP contribution in [0.3, 0.4) is 0 Å². The molecule has 13 nitrogen and oxygen atoms in total. The predicted molar refractivity (Wildman–Crippen MR) is 194 cm³/mol. The molecule has 0 bridgehead atoms. The third kappa shape index (κ3) is 22.4. The SMILES string of the molecule is C=CCCCCCCCCCCCCCCCC(=O)O[C@H](COC(=O)CCCCCCCCC)COP(=O)(O)OC1C(O)C(O)C(O)[C@@H](O)C1O. The summed E-state index contributed by atoms with van der Waals surface area (Å²) >= 11 is 0. The van der Waals surface area contributed by atoms with Gasteiger partial charge >= 0.3 is 19.8 Å². The lowest BCUT2D eigenvalue weighted by atomic mass is 9.85. The van der Waals surface area contributed by atoms with E-state index in [1.165, 1.54) is 57.8 Å². The minimum absolute atomic E-state index is 0.0983. The van der Waals surface area contributed by atoms with Crippen LogP contribution in [-0.4, -0.2) is 98.3 Å². The topological polar surface area (TPSA) is 210 Å². The fraction of sp³-hybridized carbons (Fsp3) is 0.892. The number of hydrogen-bond acceptors (Lipinski definition) is 12. The van der Waals surface area contributed by atoms with Gasteiger partial charge in [-0.25, -0.2) is 4.57 Å². The fourth-order valence-corrected chi connectivity index (χ4v) is 7.00. The Hall–Kier alpha value is -1.41. The van der Waals surface area contributed by atoms with E-state index in [-0.39, 0.29) is 12.8 Å². The van der Waals surface area contributed by atoms with E-state index in [4.69, 9.17) is 18.5 Å². The number of phosphoric ester groups is 1. The van der Waals surface area contributed by atoms with E-state index < -0.39 is 75.7 Å². The molecule has 14 heteroatoms. The number of ether oxygens (including phenoxy) is 2. The van der Waals surface area contributed by atoms with E-state index in [2.05, 4.69) is 13.5 Å². The molecule has 1 aliphatic rings. The zero-order chi connectivity index (χ0) is 37.9. The number of carbonyl (C=O) groups is 2. The lowest BCUT2D eigenvalue weighted by molar-refractivity contribution is -0.220. The van der Waals surface area contributed by atoms with Crippen molar-refractivity contribution in [2.24, 2.45) is 0 Å². The van der Waals surface area contributed by atoms with Gasteiger partial charge in [-0.3, -0.25) is 18.6 Å². The van der Waals surface area contributed by atoms with Gasteiger partial charge in [0.25, 0.3) is 0 Å². The minimum atomic E-state index is -5.10. The van der Waals surface area contributed by atoms with Crippen molar-refractivity contribution in [1.29, 1.82) is 0 Å². The molecule has 6 N–H and O–H groups in total. The summed E-state index contributed by atoms with van der Waals surface area (Å²) in [6.07, 6.45) is 12.1. The molecule has 1 aliphatic carbocycles. The molecular formula is C37H69O13P. The molecule has 0 aromatic rings. The number of carbonyl (C=O) groups excluding carboxylic acids is 2. The molecule has 300 valence electrons. The van der Waals surface area contributed by atoms with Gasteiger partial charge in [0.05, 0.1) is 6.61 Å². The molecule has 1 rings (SSSR count). The molecule has 0 saturated heterocycles. The van der Waals surface area contributed by atoms with Crippen LogP contribution >= 0.6 is 7.82 Å². The highest BCUT2D eigenvalue weighted by molar-refractivity contribution is 7.47. The van der Waals surface area contributed by atoms with E-state index in [1.54, 1.807) is 0 Å². The first kappa shape index (κ1) is 47.6. The Morgan fingerprint density at radius 2 is 1.04 bits per heavy atom. The number of esters is 2. The van der Waals surface area contributed by atoms with E-state index >= 15 is 0 Å². The van der Waals surface area contributed by atoms with Crippen LogP contribution in [0.5, 0.6) is 0 Å². The van der Waals surface area contributed by atoms with E-state index in [0.29, 0.717) is 12.8 Å². The monoisotopic (exact) mass is 752 g/mol. The summed E-state index contributed by atoms with van der Waals surface area (Å²) in [6, 6.07) is 0. The smallest absolute Gasteiger partial charge is 0.462 e. The van der Waals surface area contributed by atoms with Gasteiger partial charge in [0.2, 0.25) is 0 Å². The van der Waals surface area contributed by atoms with Crippen molar-refractivity contribution < 1.29 is 63.1 Å². The molecule has 1 saturated carbocycles. The molecule has 0 radical (unpaired) electrons. The average Bonchev–Trinajstić information content (AvgIpc) is 3.10. The third-order valence-corrected chi connectivity index (χ3v) is 10.2. The number of aliphatic hydroxyl groups is 5. The van der Waals surface area contributed by atoms with Crippen molar-refractivity contribution in [1.82, 2.24) is 0 Å². The van der Waals surface area contributed by atoms with Crippen LogP contribution in [0.1, 0.15) is 155 Å². The molecule has 6 unspecified atom stereocenters. The maximum absolute atomic E-state index is 12.7. The summed E-state index contributed by atoms with van der Waals surface area (Å²) in [4.78, 5) is 35.3. The van der Waals surface area contributed by atoms with E-state index in [9.17, 15) is 44.6 Å². The summed E-state index contributed by atoms with van der Waals surface area (Å²) in [5, 5.41) is 49.8. The van der Waals surface area contributed by atoms with Crippen LogP contribution in [0.15, 0.2) is 12.7 Å². The predicted octanol–water partition coefficient (Wildman–Crippen LogP) is 5.94. The van der Waals surface area contributed by atoms with Crippen molar-refractivity contribution in [3.05, 3.63) is 12.7 Å². The van der Waals surface area contributed by atoms with Gasteiger partial charge in [0.15, 0.2) is 6.10 Å². The molecular weight excluding hydrogens is 683 g/mol. The second kappa shape index (κ2) is 29.0. The van der Waals surface area contributed by atoms with Gasteiger partial charge in [-0.05, 0) is 25.7 Å². The van der Waals surface area contributed by atoms with Crippen LogP contribution in [0.25, 0.3) is 0 Å². The number of phosphoric acid groups is 1. The Labute approximate surface area is 305 Å². The van der Waals surface area contributed by atoms with Crippen LogP contribution in [0.4, 0.5) is 0 Å². The standard InChI is InChI=1S/C37H69O13P/c1-3-5-7-9-11-12-13-14-15-16-17-18-20-22-24-26-31(39)49-29(27-47-30(38)25-23-21-19-10-8-6-4-2)28-48-51(45,46)50-37-35(43)33(41)32(40)34(42)36(37)44/h3,29,32-37,40-44H,1,4-28H2,2H3,(H,45,46)/t29-,32?,33-,34?,35?,36?,37?/m1/s1. The maximum atomic E-state index is 12.7. The summed E-state index contributed by atoms with van der Waals surface area (Å²) in [6.45, 7) is 4.73. The van der Waals surface area contributed by atoms with Gasteiger partial charge in [-0.15, -0.1) is 6.58 Å². The van der Waals surface area contributed by atoms with Crippen LogP contribution in [0.2, 0.25) is 0 Å². The highest BCUT2D eigenvalue weighted by atomic mass is 31.2. The lowest BCUT2D eigenvalue weighted by Crippen LogP contribution is -2.64. The zero-order valence-corrected chi connectivity index (χ0v) is 31.9. The Morgan fingerprint density at radius 1 is 0.627 bits per heavy atom. The quantitative estimate of drug-likeness (QED) is 0.0204. The maximum Gasteiger partial charge on any atom is 0.472 e. The number of rotatable bonds is 32. The zero-order valence-electron chi connectivity index (χ0n) is 31.0. The first-order chi connectivity index (χ1) is 24.4. The highest BCUT2D eigenvalue weighted by Gasteiger charge is 2.51. The Kier molecular flexibility index (Phi) is 27.1. The summed E-state index contributed by atoms with van der Waals surface area (Å²) in [5.41, 5.74) is 0. The molecule has 8 atom stereocenters. The summed E-state index contributed by atoms with van der Waals surface area (Å²) in [5.74, 6) is -1.11. The Morgan fingerprint density at radius 3 is 1.51 bits per heavy atom. The lowest BCUT2D eigenvalue weighted by Gasteiger charge is -2.41. The Balaban J connectivity index is 2.49. The molecule has 0 aliphatic heterocycles. The second-order valence-corrected chi connectivity index (χ2v) is 15.3. The van der Waals surface area contributed by atoms with Crippen LogP contribution in [-0.2, 0) is 32.7 Å². The first-order valence-electron chi connectivity index (χ1n) is 19.5. The summed E-state index contributed by atoms with van der Waals surface area (Å²) < 4.78 is 33.2. The van der Waals surface area contributed by atoms with Crippen LogP contribution in [0, 0.1) is 0 Å². The molecule has 0 aromatic carbocycles. The molecule has 1 fully saturated rings. The van der Waals surface area contributed by atoms with Crippen LogP contribution < -0.4 is 0 Å². The number of allylic oxidation sites excluding steroid dienone is 1. The van der Waals surface area contributed by atoms with E-state index in [0.717, 1.165) is 64.2 Å². The fourth-order valence-electron chi connectivity index (χ4n) is 6.03. The van der Waals surface area contributed by atoms with Gasteiger partial charge in [-0.2, -0.15) is 0 Å². The molecule has 0 heterocycles. The first-order valence-corrected chi connectivity index (χ1v) is 20.9. The van der Waals surface area contributed by atoms with Gasteiger partial charge in [0, 0.05) is 12.8 Å². The third-order valence-electron chi connectivity index (χ3n) is 9.25. The Bertz CT molecular complexity index is 951. The van der Waals surface area contributed by atoms with Crippen molar-refractivity contribution in [2.75, 3.05) is 13.2 Å². The van der Waals surface area contributed by atoms with Crippen molar-refractivity contribution >= 4 is 19.8 Å². The van der Waals surface area contributed by atoms with Gasteiger partial charge in [0.1, 0.15) is 43.2 Å². The number of aliphatic hydroxyl groups excluding tert-OH is 5. The molecule has 51 heavy (non-hydrogen) atoms. The van der Waals surface area contributed by atoms with Crippen molar-refractivity contribution in [3.63, 3.8) is 0 Å². The second-order valence-electron chi connectivity index (χ2n) is 13.9. The molecule has 0 aromatic heterocycles. The van der Waals surface area contributed by atoms with Gasteiger partial charge in [-0.1, -0.05) is 122 Å². The number of hydrogen-bond donors (Lipinski definition) is 6. The highest BCUT2D eigenvalue weighted by Crippen LogP contribution is 2.47. The summed E-state index contributed by atoms with van der Waals surface area (Å²) in [7, 11) is -5.10. The molecule has 0 spiro atoms. The molecule has 0 amide bonds. The van der Waals surface area contributed by atoms with Gasteiger partial charge < -0.3 is 39.9 Å². The number of unbranched alkanes of at least 4 members (excludes halogenated alkanes) is 19. The largest absolute Gasteiger partial charge is 0.472 e. The minimum Gasteiger partial charge on any atom is -0.462 e.